The van der Waals surface area contributed by atoms with E-state index in [0.29, 0.717) is 0 Å². The Kier molecular flexibility index (Phi) is 203. The second-order valence-electron chi connectivity index (χ2n) is 0. The molecule has 1 nitrogen and oxygen atoms in total. The van der Waals surface area contributed by atoms with E-state index in [4.69, 9.17) is 0 Å². The van der Waals surface area contributed by atoms with Crippen molar-refractivity contribution in [3.05, 3.63) is 0 Å². The fourth-order valence-electron chi connectivity index (χ4n) is 0. The Bertz CT molecular complexity index is 8.00. The minimum atomic E-state index is 0. The number of hydrogen-bond acceptors (Lipinski definition) is 0. The third kappa shape index (κ3) is 9.09. The average molecular weight is 232 g/mol. The van der Waals surface area contributed by atoms with E-state index in [1.54, 1.807) is 0 Å². The number of rotatable bonds is 0. The molecular weight excluding hydrogens is 227 g/mol. The summed E-state index contributed by atoms with van der Waals surface area (Å²) in [5.41, 5.74) is 0. The number of hydrogen-bond donors (Lipinski definition) is 0. The molecule has 4 heavy (non-hydrogen) atoms. The van der Waals surface area contributed by atoms with E-state index in [2.05, 4.69) is 0 Å². The molecule has 0 aliphatic rings. The van der Waals surface area contributed by atoms with Gasteiger partial charge < -0.3 is 5.48 Å². The quantitative estimate of drug-likeness (QED) is 0.432. The first-order valence-electron chi connectivity index (χ1n) is 0. The van der Waals surface area contributed by atoms with Crippen LogP contribution < -0.4 is 0 Å². The van der Waals surface area contributed by atoms with Gasteiger partial charge in [-0.25, -0.2) is 0 Å². The Morgan fingerprint density at radius 2 is 1.00 bits per heavy atom. The van der Waals surface area contributed by atoms with Gasteiger partial charge in [-0.15, -0.1) is 0 Å². The normalized spacial score (nSPS) is 0. The minimum absolute atomic E-state index is 0. The largest absolute Gasteiger partial charge is 0.412 e. The minimum Gasteiger partial charge on any atom is -0.412 e. The van der Waals surface area contributed by atoms with E-state index in [0.717, 1.165) is 0 Å². The van der Waals surface area contributed by atoms with Crippen LogP contribution in [0.1, 0.15) is 0 Å². The van der Waals surface area contributed by atoms with Gasteiger partial charge in [0.05, 0.1) is 8.41 Å². The molecule has 0 unspecified atom stereocenters. The molecule has 26 valence electrons. The summed E-state index contributed by atoms with van der Waals surface area (Å²) in [5.74, 6) is 0. The van der Waals surface area contributed by atoms with Crippen LogP contribution in [0.4, 0.5) is 0 Å². The third-order valence-corrected chi connectivity index (χ3v) is 0. The van der Waals surface area contributed by atoms with Crippen LogP contribution in [0.25, 0.3) is 0 Å². The Morgan fingerprint density at radius 3 is 1.00 bits per heavy atom. The van der Waals surface area contributed by atoms with Crippen molar-refractivity contribution < 1.29 is 63.4 Å². The second-order valence-corrected chi connectivity index (χ2v) is 0. The average Bonchev–Trinajstić information content (AvgIpc) is 0. The summed E-state index contributed by atoms with van der Waals surface area (Å²) in [4.78, 5) is 0. The Labute approximate surface area is 70.8 Å². The van der Waals surface area contributed by atoms with Crippen LogP contribution in [-0.2, 0) is 17.1 Å². The van der Waals surface area contributed by atoms with Crippen LogP contribution in [0.15, 0.2) is 0 Å². The van der Waals surface area contributed by atoms with Crippen LogP contribution in [-0.4, -0.2) is 13.9 Å². The molecule has 0 aliphatic heterocycles. The first-order chi connectivity index (χ1) is 0. The molecule has 0 atom stereocenters. The first kappa shape index (κ1) is 39.3. The van der Waals surface area contributed by atoms with Gasteiger partial charge in [-0.1, -0.05) is 0 Å². The molecule has 0 rings (SSSR count). The SMILES string of the molecule is B.O.[Fe].[Nd]. The van der Waals surface area contributed by atoms with Crippen molar-refractivity contribution in [1.29, 1.82) is 0 Å². The molecule has 4 heteroatoms. The molecule has 0 heterocycles. The molecule has 0 saturated carbocycles. The van der Waals surface area contributed by atoms with Crippen molar-refractivity contribution in [3.8, 4) is 0 Å². The molecule has 0 amide bonds. The van der Waals surface area contributed by atoms with Crippen LogP contribution in [0.2, 0.25) is 0 Å². The molecule has 0 spiro atoms. The van der Waals surface area contributed by atoms with Crippen LogP contribution in [0.3, 0.4) is 0 Å². The van der Waals surface area contributed by atoms with Crippen molar-refractivity contribution in [2.45, 2.75) is 0 Å². The van der Waals surface area contributed by atoms with Crippen molar-refractivity contribution in [1.82, 2.24) is 0 Å². The summed E-state index contributed by atoms with van der Waals surface area (Å²) in [6.07, 6.45) is 0. The zero-order valence-corrected chi connectivity index (χ0v) is 5.67. The van der Waals surface area contributed by atoms with Crippen molar-refractivity contribution in [2.24, 2.45) is 0 Å². The topological polar surface area (TPSA) is 31.5 Å². The Balaban J connectivity index is 0. The van der Waals surface area contributed by atoms with Crippen molar-refractivity contribution >= 4 is 8.41 Å². The standard InChI is InChI=1S/BH3.Fe.Nd.H2O/h1H3;;;1H2. The fourth-order valence-corrected chi connectivity index (χ4v) is 0. The van der Waals surface area contributed by atoms with E-state index in [1.165, 1.54) is 0 Å². The van der Waals surface area contributed by atoms with Gasteiger partial charge in [0, 0.05) is 57.9 Å². The Morgan fingerprint density at radius 1 is 1.00 bits per heavy atom. The molecule has 0 aromatic carbocycles. The summed E-state index contributed by atoms with van der Waals surface area (Å²) in [5, 5.41) is 0. The molecule has 0 fully saturated rings. The smallest absolute Gasteiger partial charge is 0.0814 e. The maximum absolute atomic E-state index is 0. The summed E-state index contributed by atoms with van der Waals surface area (Å²) in [6.45, 7) is 0. The molecule has 0 bridgehead atoms. The molecule has 0 aliphatic carbocycles. The maximum Gasteiger partial charge on any atom is 0.0814 e. The predicted molar refractivity (Wildman–Crippen MR) is 13.6 cm³/mol. The van der Waals surface area contributed by atoms with E-state index in [-0.39, 0.29) is 71.8 Å². The van der Waals surface area contributed by atoms with Gasteiger partial charge in [-0.3, -0.25) is 0 Å². The van der Waals surface area contributed by atoms with Gasteiger partial charge in [-0.2, -0.15) is 0 Å². The predicted octanol–water partition coefficient (Wildman–Crippen LogP) is -2.01. The maximum atomic E-state index is 0. The summed E-state index contributed by atoms with van der Waals surface area (Å²) < 4.78 is 0. The molecule has 2 N–H and O–H groups in total. The van der Waals surface area contributed by atoms with E-state index < -0.39 is 0 Å². The zero-order valence-electron chi connectivity index (χ0n) is 1.35. The third-order valence-electron chi connectivity index (χ3n) is 0. The zero-order chi connectivity index (χ0) is 0. The van der Waals surface area contributed by atoms with Gasteiger partial charge in [0.2, 0.25) is 0 Å². The van der Waals surface area contributed by atoms with E-state index >= 15 is 0 Å². The first-order valence-corrected chi connectivity index (χ1v) is 0. The molecule has 0 aromatic heterocycles. The van der Waals surface area contributed by atoms with Gasteiger partial charge in [0.25, 0.3) is 0 Å². The van der Waals surface area contributed by atoms with Crippen LogP contribution in [0, 0.1) is 40.8 Å². The van der Waals surface area contributed by atoms with Gasteiger partial charge in [-0.05, 0) is 0 Å². The van der Waals surface area contributed by atoms with Gasteiger partial charge in [0.15, 0.2) is 0 Å². The summed E-state index contributed by atoms with van der Waals surface area (Å²) in [7, 11) is 0. The second kappa shape index (κ2) is 20.7. The monoisotopic (exact) mass is 230 g/mol. The van der Waals surface area contributed by atoms with Crippen molar-refractivity contribution in [2.75, 3.05) is 0 Å². The summed E-state index contributed by atoms with van der Waals surface area (Å²) in [6, 6.07) is 0. The summed E-state index contributed by atoms with van der Waals surface area (Å²) >= 11 is 0. The van der Waals surface area contributed by atoms with E-state index in [9.17, 15) is 0 Å². The molecule has 0 radical (unpaired) electrons. The molecule has 0 aromatic rings. The van der Waals surface area contributed by atoms with Crippen molar-refractivity contribution in [3.63, 3.8) is 0 Å². The molecular formula is H5BFeNdO. The van der Waals surface area contributed by atoms with Crippen LogP contribution >= 0.6 is 0 Å². The van der Waals surface area contributed by atoms with Gasteiger partial charge in [0.1, 0.15) is 0 Å². The van der Waals surface area contributed by atoms with E-state index in [1.807, 2.05) is 0 Å². The molecule has 0 saturated heterocycles. The van der Waals surface area contributed by atoms with Gasteiger partial charge >= 0.3 is 0 Å². The Hall–Kier alpha value is 1.90. The van der Waals surface area contributed by atoms with Crippen LogP contribution in [0.5, 0.6) is 0 Å². The fraction of sp³-hybridized carbons (Fsp3) is 0.